The van der Waals surface area contributed by atoms with Crippen LogP contribution in [0.5, 0.6) is 0 Å². The van der Waals surface area contributed by atoms with Gasteiger partial charge in [0.05, 0.1) is 6.10 Å². The molecule has 0 saturated heterocycles. The van der Waals surface area contributed by atoms with Gasteiger partial charge in [0.15, 0.2) is 0 Å². The molecule has 0 aliphatic rings. The normalized spacial score (nSPS) is 13.5. The van der Waals surface area contributed by atoms with Crippen LogP contribution in [0.2, 0.25) is 0 Å². The fourth-order valence-corrected chi connectivity index (χ4v) is 1.07. The molecule has 0 aromatic heterocycles. The van der Waals surface area contributed by atoms with E-state index in [1.165, 1.54) is 0 Å². The van der Waals surface area contributed by atoms with E-state index in [9.17, 15) is 9.59 Å². The van der Waals surface area contributed by atoms with Gasteiger partial charge < -0.3 is 15.4 Å². The lowest BCUT2D eigenvalue weighted by Crippen LogP contribution is -2.17. The van der Waals surface area contributed by atoms with Crippen molar-refractivity contribution in [3.8, 4) is 0 Å². The van der Waals surface area contributed by atoms with Crippen LogP contribution in [0.4, 0.5) is 0 Å². The van der Waals surface area contributed by atoms with Crippen LogP contribution in [0.3, 0.4) is 0 Å². The average molecular weight is 260 g/mol. The summed E-state index contributed by atoms with van der Waals surface area (Å²) in [6, 6.07) is 0. The molecule has 18 heavy (non-hydrogen) atoms. The van der Waals surface area contributed by atoms with Crippen molar-refractivity contribution < 1.29 is 20.2 Å². The quantitative estimate of drug-likeness (QED) is 0.561. The maximum Gasteiger partial charge on any atom is 0.145 e. The van der Waals surface area contributed by atoms with Gasteiger partial charge >= 0.3 is 0 Å². The Labute approximate surface area is 110 Å². The minimum atomic E-state index is -0.438. The zero-order valence-electron chi connectivity index (χ0n) is 12.0. The summed E-state index contributed by atoms with van der Waals surface area (Å²) in [5, 5.41) is 9.09. The fraction of sp³-hybridized carbons (Fsp3) is 0.714. The monoisotopic (exact) mass is 260 g/mol. The van der Waals surface area contributed by atoms with Gasteiger partial charge in [-0.25, -0.2) is 0 Å². The summed E-state index contributed by atoms with van der Waals surface area (Å²) in [5.41, 5.74) is 0.840. The number of allylic oxidation sites excluding steroid dienone is 2. The number of carbonyl (C=O) groups is 2. The molecule has 0 spiro atoms. The van der Waals surface area contributed by atoms with Crippen molar-refractivity contribution in [1.82, 2.24) is 0 Å². The molecule has 3 N–H and O–H groups in total. The molecule has 0 amide bonds. The zero-order valence-corrected chi connectivity index (χ0v) is 12.0. The highest BCUT2D eigenvalue weighted by molar-refractivity contribution is 5.71. The van der Waals surface area contributed by atoms with Gasteiger partial charge in [-0.05, 0) is 25.3 Å². The van der Waals surface area contributed by atoms with Gasteiger partial charge in [0.1, 0.15) is 12.6 Å². The lowest BCUT2D eigenvalue weighted by atomic mass is 10.0. The SMILES string of the molecule is CCC/C=C(\C)C=O.CCCC(O)C(C)C=O.O. The summed E-state index contributed by atoms with van der Waals surface area (Å²) >= 11 is 0. The highest BCUT2D eigenvalue weighted by atomic mass is 16.3. The van der Waals surface area contributed by atoms with Gasteiger partial charge in [-0.15, -0.1) is 0 Å². The number of hydrogen-bond donors (Lipinski definition) is 1. The number of carbonyl (C=O) groups excluding carboxylic acids is 2. The van der Waals surface area contributed by atoms with E-state index in [-0.39, 0.29) is 11.4 Å². The lowest BCUT2D eigenvalue weighted by molar-refractivity contribution is -0.113. The van der Waals surface area contributed by atoms with Crippen LogP contribution in [0.15, 0.2) is 11.6 Å². The van der Waals surface area contributed by atoms with Crippen LogP contribution < -0.4 is 0 Å². The van der Waals surface area contributed by atoms with E-state index in [1.807, 2.05) is 19.9 Å². The summed E-state index contributed by atoms with van der Waals surface area (Å²) < 4.78 is 0. The first-order valence-corrected chi connectivity index (χ1v) is 6.28. The predicted molar refractivity (Wildman–Crippen MR) is 74.5 cm³/mol. The predicted octanol–water partition coefficient (Wildman–Crippen LogP) is 2.09. The molecule has 0 saturated carbocycles. The van der Waals surface area contributed by atoms with Gasteiger partial charge in [0.25, 0.3) is 0 Å². The van der Waals surface area contributed by atoms with Crippen LogP contribution in [0.25, 0.3) is 0 Å². The third-order valence-corrected chi connectivity index (χ3v) is 2.35. The Balaban J connectivity index is -0.000000238. The molecule has 0 radical (unpaired) electrons. The van der Waals surface area contributed by atoms with Gasteiger partial charge in [0.2, 0.25) is 0 Å². The van der Waals surface area contributed by atoms with E-state index in [2.05, 4.69) is 6.92 Å². The Hall–Kier alpha value is -1.00. The van der Waals surface area contributed by atoms with Gasteiger partial charge in [0, 0.05) is 5.92 Å². The number of aliphatic hydroxyl groups is 1. The molecule has 0 rings (SSSR count). The van der Waals surface area contributed by atoms with Gasteiger partial charge in [-0.3, -0.25) is 4.79 Å². The van der Waals surface area contributed by atoms with Gasteiger partial charge in [-0.1, -0.05) is 39.7 Å². The van der Waals surface area contributed by atoms with Crippen molar-refractivity contribution in [2.75, 3.05) is 0 Å². The lowest BCUT2D eigenvalue weighted by Gasteiger charge is -2.10. The molecule has 4 heteroatoms. The van der Waals surface area contributed by atoms with Gasteiger partial charge in [-0.2, -0.15) is 0 Å². The Morgan fingerprint density at radius 3 is 2.11 bits per heavy atom. The number of aldehydes is 2. The molecule has 4 nitrogen and oxygen atoms in total. The Kier molecular flexibility index (Phi) is 19.7. The molecular weight excluding hydrogens is 232 g/mol. The zero-order chi connectivity index (χ0) is 13.7. The molecule has 0 aliphatic carbocycles. The molecule has 0 aliphatic heterocycles. The van der Waals surface area contributed by atoms with E-state index >= 15 is 0 Å². The highest BCUT2D eigenvalue weighted by Crippen LogP contribution is 2.05. The second-order valence-corrected chi connectivity index (χ2v) is 4.21. The van der Waals surface area contributed by atoms with Crippen molar-refractivity contribution in [3.05, 3.63) is 11.6 Å². The largest absolute Gasteiger partial charge is 0.412 e. The summed E-state index contributed by atoms with van der Waals surface area (Å²) in [5.74, 6) is -0.204. The fourth-order valence-electron chi connectivity index (χ4n) is 1.07. The summed E-state index contributed by atoms with van der Waals surface area (Å²) in [6.45, 7) is 7.63. The minimum absolute atomic E-state index is 0. The van der Waals surface area contributed by atoms with E-state index < -0.39 is 6.10 Å². The Morgan fingerprint density at radius 2 is 1.78 bits per heavy atom. The van der Waals surface area contributed by atoms with Crippen molar-refractivity contribution in [2.45, 2.75) is 59.5 Å². The summed E-state index contributed by atoms with van der Waals surface area (Å²) in [6.07, 6.45) is 6.98. The van der Waals surface area contributed by atoms with E-state index in [1.54, 1.807) is 6.92 Å². The van der Waals surface area contributed by atoms with Crippen LogP contribution in [-0.4, -0.2) is 29.3 Å². The number of unbranched alkanes of at least 4 members (excludes halogenated alkanes) is 1. The number of hydrogen-bond acceptors (Lipinski definition) is 3. The van der Waals surface area contributed by atoms with Crippen molar-refractivity contribution >= 4 is 12.6 Å². The maximum absolute atomic E-state index is 10.1. The van der Waals surface area contributed by atoms with Crippen LogP contribution >= 0.6 is 0 Å². The second kappa shape index (κ2) is 16.0. The first-order valence-electron chi connectivity index (χ1n) is 6.28. The molecule has 0 fully saturated rings. The molecule has 0 aromatic rings. The third kappa shape index (κ3) is 15.0. The molecular formula is C14H28O4. The second-order valence-electron chi connectivity index (χ2n) is 4.21. The minimum Gasteiger partial charge on any atom is -0.412 e. The van der Waals surface area contributed by atoms with Crippen molar-refractivity contribution in [2.24, 2.45) is 5.92 Å². The average Bonchev–Trinajstić information content (AvgIpc) is 2.35. The number of rotatable bonds is 7. The molecule has 2 atom stereocenters. The maximum atomic E-state index is 10.1. The van der Waals surface area contributed by atoms with Crippen LogP contribution in [0.1, 0.15) is 53.4 Å². The highest BCUT2D eigenvalue weighted by Gasteiger charge is 2.10. The summed E-state index contributed by atoms with van der Waals surface area (Å²) in [4.78, 5) is 20.0. The molecule has 0 aromatic carbocycles. The molecule has 0 heterocycles. The first-order chi connectivity index (χ1) is 8.03. The van der Waals surface area contributed by atoms with E-state index in [0.29, 0.717) is 0 Å². The Morgan fingerprint density at radius 1 is 1.22 bits per heavy atom. The van der Waals surface area contributed by atoms with E-state index in [4.69, 9.17) is 5.11 Å². The molecule has 108 valence electrons. The molecule has 0 bridgehead atoms. The molecule has 2 unspecified atom stereocenters. The Bertz CT molecular complexity index is 224. The smallest absolute Gasteiger partial charge is 0.145 e. The van der Waals surface area contributed by atoms with Crippen LogP contribution in [-0.2, 0) is 9.59 Å². The first kappa shape index (κ1) is 22.2. The van der Waals surface area contributed by atoms with Crippen molar-refractivity contribution in [3.63, 3.8) is 0 Å². The van der Waals surface area contributed by atoms with E-state index in [0.717, 1.165) is 43.8 Å². The standard InChI is InChI=1S/C7H14O2.C7H12O.H2O/c1-3-4-7(9)6(2)5-8;1-3-4-5-7(2)6-8;/h5-7,9H,3-4H2,1-2H3;5-6H,3-4H2,1-2H3;1H2/b;7-5+;. The topological polar surface area (TPSA) is 85.9 Å². The third-order valence-electron chi connectivity index (χ3n) is 2.35. The summed E-state index contributed by atoms with van der Waals surface area (Å²) in [7, 11) is 0. The van der Waals surface area contributed by atoms with Crippen LogP contribution in [0, 0.1) is 5.92 Å². The van der Waals surface area contributed by atoms with Crippen molar-refractivity contribution in [1.29, 1.82) is 0 Å². The number of aliphatic hydroxyl groups excluding tert-OH is 1.